The Morgan fingerprint density at radius 3 is 0.936 bits per heavy atom. The zero-order valence-corrected chi connectivity index (χ0v) is 67.7. The molecule has 125 heavy (non-hydrogen) atoms. The molecule has 0 radical (unpaired) electrons. The molecule has 31 N–H and O–H groups in total. The molecule has 55 nitrogen and oxygen atoms in total. The minimum Gasteiger partial charge on any atom is -0.394 e. The number of aliphatic hydroxyl groups excluding tert-OH is 26. The fraction of sp³-hybridized carbons (Fsp3) is 0.929. The van der Waals surface area contributed by atoms with Gasteiger partial charge in [-0.2, -0.15) is 0 Å². The van der Waals surface area contributed by atoms with Crippen LogP contribution < -0.4 is 26.6 Å². The van der Waals surface area contributed by atoms with Crippen molar-refractivity contribution in [2.75, 3.05) is 59.5 Å². The summed E-state index contributed by atoms with van der Waals surface area (Å²) in [5, 5.41) is 305. The number of amides is 5. The van der Waals surface area contributed by atoms with Crippen molar-refractivity contribution >= 4 is 29.5 Å². The highest BCUT2D eigenvalue weighted by molar-refractivity contribution is 5.75. The van der Waals surface area contributed by atoms with Crippen molar-refractivity contribution in [1.82, 2.24) is 26.6 Å². The van der Waals surface area contributed by atoms with Gasteiger partial charge < -0.3 is 249 Å². The van der Waals surface area contributed by atoms with Gasteiger partial charge in [0.15, 0.2) is 62.9 Å². The minimum absolute atomic E-state index is 0.854. The van der Waals surface area contributed by atoms with E-state index < -0.39 is 396 Å². The minimum atomic E-state index is -2.69. The smallest absolute Gasteiger partial charge is 0.217 e. The molecule has 10 heterocycles. The third-order valence-corrected chi connectivity index (χ3v) is 22.8. The van der Waals surface area contributed by atoms with E-state index in [0.29, 0.717) is 0 Å². The molecule has 55 heteroatoms. The highest BCUT2D eigenvalue weighted by Crippen LogP contribution is 2.41. The Morgan fingerprint density at radius 1 is 0.224 bits per heavy atom. The predicted molar refractivity (Wildman–Crippen MR) is 386 cm³/mol. The van der Waals surface area contributed by atoms with Gasteiger partial charge in [0.1, 0.15) is 238 Å². The molecule has 0 aliphatic carbocycles. The maximum Gasteiger partial charge on any atom is 0.217 e. The molecule has 0 saturated carbocycles. The normalized spacial score (nSPS) is 48.7. The second kappa shape index (κ2) is 44.9. The lowest BCUT2D eigenvalue weighted by Crippen LogP contribution is -2.71. The van der Waals surface area contributed by atoms with Gasteiger partial charge in [-0.1, -0.05) is 0 Å². The number of ether oxygens (including phenoxy) is 19. The molecule has 0 aromatic heterocycles. The summed E-state index contributed by atoms with van der Waals surface area (Å²) in [4.78, 5) is 64.4. The van der Waals surface area contributed by atoms with Crippen molar-refractivity contribution < 1.29 is 247 Å². The van der Waals surface area contributed by atoms with E-state index in [1.165, 1.54) is 6.92 Å². The van der Waals surface area contributed by atoms with E-state index >= 15 is 0 Å². The topological polar surface area (TPSA) is 847 Å². The molecular formula is C70H117N5O50. The first-order chi connectivity index (χ1) is 59.1. The fourth-order valence-corrected chi connectivity index (χ4v) is 16.2. The third kappa shape index (κ3) is 23.1. The van der Waals surface area contributed by atoms with Crippen LogP contribution in [0.4, 0.5) is 0 Å². The van der Waals surface area contributed by atoms with Crippen LogP contribution in [-0.4, -0.2) is 529 Å². The van der Waals surface area contributed by atoms with Crippen molar-refractivity contribution in [1.29, 1.82) is 0 Å². The second-order valence-corrected chi connectivity index (χ2v) is 31.7. The molecule has 0 aromatic rings. The molecule has 10 saturated heterocycles. The zero-order valence-electron chi connectivity index (χ0n) is 67.7. The molecule has 5 amide bonds. The second-order valence-electron chi connectivity index (χ2n) is 31.7. The van der Waals surface area contributed by atoms with Crippen LogP contribution >= 0.6 is 0 Å². The van der Waals surface area contributed by atoms with E-state index in [1.54, 1.807) is 0 Å². The van der Waals surface area contributed by atoms with Crippen LogP contribution in [0, 0.1) is 0 Å². The number of rotatable bonds is 32. The van der Waals surface area contributed by atoms with Gasteiger partial charge in [-0.25, -0.2) is 0 Å². The lowest BCUT2D eigenvalue weighted by molar-refractivity contribution is -0.405. The van der Waals surface area contributed by atoms with E-state index in [0.717, 1.165) is 34.6 Å². The molecule has 0 unspecified atom stereocenters. The van der Waals surface area contributed by atoms with Gasteiger partial charge in [0.2, 0.25) is 29.5 Å². The van der Waals surface area contributed by atoms with Crippen molar-refractivity contribution in [3.8, 4) is 0 Å². The van der Waals surface area contributed by atoms with Crippen molar-refractivity contribution in [3.05, 3.63) is 0 Å². The summed E-state index contributed by atoms with van der Waals surface area (Å²) in [5.74, 6) is -4.67. The van der Waals surface area contributed by atoms with Gasteiger partial charge in [0.05, 0.1) is 65.6 Å². The van der Waals surface area contributed by atoms with Gasteiger partial charge >= 0.3 is 0 Å². The third-order valence-electron chi connectivity index (χ3n) is 22.8. The number of hydrogen-bond donors (Lipinski definition) is 31. The van der Waals surface area contributed by atoms with Crippen LogP contribution in [0.25, 0.3) is 0 Å². The Labute approximate surface area is 708 Å². The molecule has 0 spiro atoms. The summed E-state index contributed by atoms with van der Waals surface area (Å²) < 4.78 is 114. The van der Waals surface area contributed by atoms with E-state index in [9.17, 15) is 157 Å². The molecule has 0 bridgehead atoms. The van der Waals surface area contributed by atoms with E-state index in [2.05, 4.69) is 26.6 Å². The van der Waals surface area contributed by atoms with Crippen LogP contribution in [-0.2, 0) is 114 Å². The Balaban J connectivity index is 1.04. The molecule has 50 atom stereocenters. The highest BCUT2D eigenvalue weighted by Gasteiger charge is 2.62. The summed E-state index contributed by atoms with van der Waals surface area (Å²) in [6.07, 6.45) is -94.6. The first kappa shape index (κ1) is 103. The maximum atomic E-state index is 13.3. The van der Waals surface area contributed by atoms with Gasteiger partial charge in [-0.05, 0) is 6.92 Å². The van der Waals surface area contributed by atoms with Crippen LogP contribution in [0.5, 0.6) is 0 Å². The van der Waals surface area contributed by atoms with Gasteiger partial charge in [0, 0.05) is 34.6 Å². The average Bonchev–Trinajstić information content (AvgIpc) is 0.756. The van der Waals surface area contributed by atoms with Gasteiger partial charge in [0.25, 0.3) is 0 Å². The number of aliphatic hydroxyl groups is 26. The lowest BCUT2D eigenvalue weighted by Gasteiger charge is -2.52. The molecule has 10 aliphatic heterocycles. The standard InChI is InChI=1S/C70H117N5O50/c1-16-36(88)47(99)50(102)66(109-16)107-15-30-57(44(96)31(61(106)110-30)71-17(2)83)120-64-34(74-20(5)86)45(97)55(27(12-81)115-64)122-68-53(105)58(41(93)29(118-68)14-108-69-59(49(101)40(92)25(10-79)114-69)124-63-33(73-19(4)85)43(95)38(90)23(8-77)112-63)123-70-60(52(104)56(28(13-82)117-70)119-62-32(72-18(3)84)42(94)37(89)22(7-76)111-62)125-65-35(75-21(6)87)46(98)54(26(11-80)116-65)121-67-51(103)48(100)39(91)24(9-78)113-67/h16,22-70,76-82,88-106H,7-15H2,1-6H3,(H,71,83)(H,72,84)(H,73,85)(H,74,86)(H,75,87)/t16-,22+,23+,24+,25+,26+,27+,28+,29+,30+,31+,32+,33+,34+,35+,36+,37+,38+,39-,40+,41+,42+,43+,44+,45+,46+,47+,48-,49-,50-,51+,52-,53-,54+,55+,56+,57+,58-,59-,60-,61+,62-,63-,64-,65-,66+,67-,68-,69-,70+/m0/s1. The first-order valence-corrected chi connectivity index (χ1v) is 40.0. The van der Waals surface area contributed by atoms with Crippen LogP contribution in [0.15, 0.2) is 0 Å². The maximum absolute atomic E-state index is 13.3. The lowest BCUT2D eigenvalue weighted by atomic mass is 9.93. The Hall–Kier alpha value is -4.45. The largest absolute Gasteiger partial charge is 0.394 e. The molecular weight excluding hydrogens is 1710 g/mol. The van der Waals surface area contributed by atoms with Crippen molar-refractivity contribution in [2.45, 2.75) is 348 Å². The van der Waals surface area contributed by atoms with E-state index in [1.807, 2.05) is 0 Å². The molecule has 722 valence electrons. The first-order valence-electron chi connectivity index (χ1n) is 40.0. The SMILES string of the molecule is CC(=O)N[C@@H]1[C@@H](O)[C@H](O[C@@H]2O[C@H](CO)[C@@H](O[C@@H]3O[C@H](CO[C@H]4O[C@H](CO)[C@@H](O)[C@H](O)[C@@H]4O[C@@H]4O[C@H](CO)[C@@H](O)[C@H](O)[C@H]4NC(C)=O)[C@@H](O)[C@H](O[C@H]4O[C@H](CO)[C@@H](O[C@@H]5O[C@H](CO)[C@@H](O)[C@H](O)[C@H]5NC(C)=O)[C@H](O)[C@@H]4O[C@@H]4O[C@H](CO)[C@@H](O[C@@H]5O[C@H](CO)[C@H](O)[C@H](O)[C@H]5O)[C@H](O)[C@H]4NC(C)=O)[C@@H]3O)[C@H](O)[C@H]2NC(C)=O)[C@@H](CO[C@@H]2O[C@@H](C)[C@@H](O)[C@@H](O)[C@@H]2O)O[C@H]1O. The van der Waals surface area contributed by atoms with Crippen LogP contribution in [0.1, 0.15) is 41.5 Å². The average molecular weight is 1830 g/mol. The summed E-state index contributed by atoms with van der Waals surface area (Å²) in [6, 6.07) is -9.53. The Morgan fingerprint density at radius 2 is 0.504 bits per heavy atom. The fourth-order valence-electron chi connectivity index (χ4n) is 16.2. The van der Waals surface area contributed by atoms with Crippen molar-refractivity contribution in [2.24, 2.45) is 0 Å². The molecule has 10 rings (SSSR count). The van der Waals surface area contributed by atoms with Crippen LogP contribution in [0.3, 0.4) is 0 Å². The summed E-state index contributed by atoms with van der Waals surface area (Å²) in [7, 11) is 0. The van der Waals surface area contributed by atoms with Crippen molar-refractivity contribution in [3.63, 3.8) is 0 Å². The molecule has 10 aliphatic rings. The van der Waals surface area contributed by atoms with Gasteiger partial charge in [-0.15, -0.1) is 0 Å². The Kier molecular flexibility index (Phi) is 36.8. The number of hydrogen-bond acceptors (Lipinski definition) is 50. The van der Waals surface area contributed by atoms with Gasteiger partial charge in [-0.3, -0.25) is 24.0 Å². The number of carbonyl (C=O) groups excluding carboxylic acids is 5. The zero-order chi connectivity index (χ0) is 92.1. The molecule has 0 aromatic carbocycles. The molecule has 10 fully saturated rings. The van der Waals surface area contributed by atoms with E-state index in [-0.39, 0.29) is 0 Å². The number of carbonyl (C=O) groups is 5. The monoisotopic (exact) mass is 1830 g/mol. The quantitative estimate of drug-likeness (QED) is 0.0297. The summed E-state index contributed by atoms with van der Waals surface area (Å²) in [6.45, 7) is -4.13. The number of nitrogens with one attached hydrogen (secondary N) is 5. The Bertz CT molecular complexity index is 3420. The predicted octanol–water partition coefficient (Wildman–Crippen LogP) is -21.1. The van der Waals surface area contributed by atoms with E-state index in [4.69, 9.17) is 90.0 Å². The summed E-state index contributed by atoms with van der Waals surface area (Å²) >= 11 is 0. The summed E-state index contributed by atoms with van der Waals surface area (Å²) in [5.41, 5.74) is 0. The highest BCUT2D eigenvalue weighted by atomic mass is 16.8. The van der Waals surface area contributed by atoms with Crippen LogP contribution in [0.2, 0.25) is 0 Å².